The van der Waals surface area contributed by atoms with Gasteiger partial charge in [0.15, 0.2) is 0 Å². The van der Waals surface area contributed by atoms with Crippen LogP contribution < -0.4 is 10.3 Å². The van der Waals surface area contributed by atoms with E-state index >= 15 is 0 Å². The van der Waals surface area contributed by atoms with E-state index < -0.39 is 11.6 Å². The maximum Gasteiger partial charge on any atom is 0.269 e. The molecule has 0 fully saturated rings. The zero-order valence-electron chi connectivity index (χ0n) is 13.9. The summed E-state index contributed by atoms with van der Waals surface area (Å²) in [5, 5.41) is 8.97. The Labute approximate surface area is 161 Å². The summed E-state index contributed by atoms with van der Waals surface area (Å²) in [6.07, 6.45) is 4.43. The first-order chi connectivity index (χ1) is 13.0. The summed E-state index contributed by atoms with van der Waals surface area (Å²) in [7, 11) is 0. The second kappa shape index (κ2) is 8.36. The maximum atomic E-state index is 13.7. The zero-order chi connectivity index (χ0) is 19.4. The van der Waals surface area contributed by atoms with Crippen LogP contribution in [0, 0.1) is 11.6 Å². The van der Waals surface area contributed by atoms with Crippen LogP contribution in [0.4, 0.5) is 8.78 Å². The third-order valence-electron chi connectivity index (χ3n) is 3.72. The van der Waals surface area contributed by atoms with Crippen molar-refractivity contribution in [2.75, 3.05) is 0 Å². The van der Waals surface area contributed by atoms with Gasteiger partial charge in [-0.3, -0.25) is 14.8 Å². The molecule has 27 heavy (non-hydrogen) atoms. The maximum absolute atomic E-state index is 13.7. The molecule has 0 amide bonds. The number of ether oxygens (including phenoxy) is 1. The number of nitrogens with zero attached hydrogens (tertiary/aromatic N) is 3. The van der Waals surface area contributed by atoms with Crippen LogP contribution in [0.15, 0.2) is 52.1 Å². The van der Waals surface area contributed by atoms with Gasteiger partial charge in [0, 0.05) is 17.8 Å². The second-order valence-corrected chi connectivity index (χ2v) is 6.40. The summed E-state index contributed by atoms with van der Waals surface area (Å²) in [5.74, 6) is -1.15. The molecule has 3 aromatic rings. The Bertz CT molecular complexity index is 1010. The largest absolute Gasteiger partial charge is 0.487 e. The first-order valence-corrected chi connectivity index (χ1v) is 8.63. The molecule has 0 aliphatic carbocycles. The molecule has 0 aliphatic heterocycles. The summed E-state index contributed by atoms with van der Waals surface area (Å²) >= 11 is 3.19. The zero-order valence-corrected chi connectivity index (χ0v) is 15.5. The van der Waals surface area contributed by atoms with Crippen LogP contribution in [-0.4, -0.2) is 19.6 Å². The van der Waals surface area contributed by atoms with Gasteiger partial charge in [-0.1, -0.05) is 0 Å². The summed E-state index contributed by atoms with van der Waals surface area (Å²) in [4.78, 5) is 20.6. The quantitative estimate of drug-likeness (QED) is 0.641. The van der Waals surface area contributed by atoms with Crippen LogP contribution in [0.25, 0.3) is 0 Å². The van der Waals surface area contributed by atoms with E-state index in [-0.39, 0.29) is 41.1 Å². The second-order valence-electron chi connectivity index (χ2n) is 5.61. The number of benzene rings is 1. The molecule has 0 unspecified atom stereocenters. The predicted octanol–water partition coefficient (Wildman–Crippen LogP) is 2.80. The van der Waals surface area contributed by atoms with Crippen LogP contribution in [0.3, 0.4) is 0 Å². The minimum atomic E-state index is -0.718. The molecule has 1 aromatic carbocycles. The number of hydrogen-bond acceptors (Lipinski definition) is 5. The molecule has 0 saturated carbocycles. The number of rotatable bonds is 6. The molecule has 2 aromatic heterocycles. The van der Waals surface area contributed by atoms with Crippen molar-refractivity contribution < 1.29 is 18.6 Å². The minimum absolute atomic E-state index is 0.151. The van der Waals surface area contributed by atoms with E-state index in [4.69, 9.17) is 9.84 Å². The molecule has 0 aliphatic rings. The van der Waals surface area contributed by atoms with E-state index in [1.165, 1.54) is 29.2 Å². The predicted molar refractivity (Wildman–Crippen MR) is 96.1 cm³/mol. The first kappa shape index (κ1) is 19.1. The van der Waals surface area contributed by atoms with Crippen molar-refractivity contribution in [1.29, 1.82) is 0 Å². The van der Waals surface area contributed by atoms with Crippen LogP contribution in [-0.2, 0) is 19.8 Å². The van der Waals surface area contributed by atoms with Crippen LogP contribution >= 0.6 is 15.9 Å². The van der Waals surface area contributed by atoms with E-state index in [1.54, 1.807) is 6.07 Å². The average Bonchev–Trinajstić information content (AvgIpc) is 2.67. The molecule has 0 saturated heterocycles. The fourth-order valence-corrected chi connectivity index (χ4v) is 2.75. The lowest BCUT2D eigenvalue weighted by atomic mass is 10.2. The molecule has 140 valence electrons. The molecule has 1 N–H and O–H groups in total. The van der Waals surface area contributed by atoms with Gasteiger partial charge >= 0.3 is 0 Å². The highest BCUT2D eigenvalue weighted by Crippen LogP contribution is 2.22. The third kappa shape index (κ3) is 4.55. The van der Waals surface area contributed by atoms with E-state index in [0.29, 0.717) is 11.4 Å². The van der Waals surface area contributed by atoms with Gasteiger partial charge in [0.1, 0.15) is 28.5 Å². The first-order valence-electron chi connectivity index (χ1n) is 7.84. The fraction of sp³-hybridized carbons (Fsp3) is 0.167. The van der Waals surface area contributed by atoms with E-state index in [0.717, 1.165) is 12.1 Å². The SMILES string of the molecule is O=c1c(Br)c(OCc2ccc(F)cc2F)ccn1Cc1cnc(CO)cn1. The van der Waals surface area contributed by atoms with Crippen molar-refractivity contribution in [3.63, 3.8) is 0 Å². The smallest absolute Gasteiger partial charge is 0.269 e. The van der Waals surface area contributed by atoms with Crippen LogP contribution in [0.1, 0.15) is 17.0 Å². The van der Waals surface area contributed by atoms with Crippen molar-refractivity contribution in [1.82, 2.24) is 14.5 Å². The van der Waals surface area contributed by atoms with Gasteiger partial charge in [-0.25, -0.2) is 8.78 Å². The Hall–Kier alpha value is -2.65. The standard InChI is InChI=1S/C18H14BrF2N3O3/c19-17-16(27-10-11-1-2-12(20)5-15(11)21)3-4-24(18(17)26)8-13-6-23-14(9-25)7-22-13/h1-7,25H,8-10H2. The molecule has 2 heterocycles. The van der Waals surface area contributed by atoms with Crippen molar-refractivity contribution in [3.05, 3.63) is 86.3 Å². The molecule has 0 bridgehead atoms. The lowest BCUT2D eigenvalue weighted by Crippen LogP contribution is -2.22. The van der Waals surface area contributed by atoms with Crippen molar-refractivity contribution >= 4 is 15.9 Å². The van der Waals surface area contributed by atoms with Crippen molar-refractivity contribution in [2.24, 2.45) is 0 Å². The lowest BCUT2D eigenvalue weighted by Gasteiger charge is -2.11. The van der Waals surface area contributed by atoms with Gasteiger partial charge in [0.25, 0.3) is 5.56 Å². The van der Waals surface area contributed by atoms with Crippen LogP contribution in [0.5, 0.6) is 5.75 Å². The Morgan fingerprint density at radius 1 is 1.15 bits per heavy atom. The molecule has 9 heteroatoms. The third-order valence-corrected chi connectivity index (χ3v) is 4.45. The van der Waals surface area contributed by atoms with E-state index in [2.05, 4.69) is 25.9 Å². The molecule has 0 radical (unpaired) electrons. The van der Waals surface area contributed by atoms with Gasteiger partial charge < -0.3 is 14.4 Å². The summed E-state index contributed by atoms with van der Waals surface area (Å²) in [6.45, 7) is -0.176. The Morgan fingerprint density at radius 3 is 2.56 bits per heavy atom. The van der Waals surface area contributed by atoms with Gasteiger partial charge in [-0.05, 0) is 34.1 Å². The molecule has 3 rings (SSSR count). The van der Waals surface area contributed by atoms with E-state index in [1.807, 2.05) is 0 Å². The number of pyridine rings is 1. The van der Waals surface area contributed by atoms with E-state index in [9.17, 15) is 13.6 Å². The van der Waals surface area contributed by atoms with Gasteiger partial charge in [0.05, 0.1) is 36.9 Å². The van der Waals surface area contributed by atoms with Gasteiger partial charge in [-0.15, -0.1) is 0 Å². The Balaban J connectivity index is 1.75. The topological polar surface area (TPSA) is 77.2 Å². The number of hydrogen-bond donors (Lipinski definition) is 1. The highest BCUT2D eigenvalue weighted by molar-refractivity contribution is 9.10. The molecule has 0 spiro atoms. The number of aliphatic hydroxyl groups is 1. The monoisotopic (exact) mass is 437 g/mol. The number of aromatic nitrogens is 3. The van der Waals surface area contributed by atoms with Crippen molar-refractivity contribution in [3.8, 4) is 5.75 Å². The normalized spacial score (nSPS) is 10.8. The lowest BCUT2D eigenvalue weighted by molar-refractivity contribution is 0.276. The fourth-order valence-electron chi connectivity index (χ4n) is 2.28. The molecule has 0 atom stereocenters. The minimum Gasteiger partial charge on any atom is -0.487 e. The van der Waals surface area contributed by atoms with Gasteiger partial charge in [0.2, 0.25) is 0 Å². The summed E-state index contributed by atoms with van der Waals surface area (Å²) in [5.41, 5.74) is 0.791. The molecular weight excluding hydrogens is 424 g/mol. The van der Waals surface area contributed by atoms with Crippen molar-refractivity contribution in [2.45, 2.75) is 19.8 Å². The highest BCUT2D eigenvalue weighted by Gasteiger charge is 2.11. The van der Waals surface area contributed by atoms with Gasteiger partial charge in [-0.2, -0.15) is 0 Å². The summed E-state index contributed by atoms with van der Waals surface area (Å²) < 4.78 is 33.7. The number of halogens is 3. The Kier molecular flexibility index (Phi) is 5.92. The molecular formula is C18H14BrF2N3O3. The average molecular weight is 438 g/mol. The molecule has 6 nitrogen and oxygen atoms in total. The van der Waals surface area contributed by atoms with Crippen LogP contribution in [0.2, 0.25) is 0 Å². The summed E-state index contributed by atoms with van der Waals surface area (Å²) in [6, 6.07) is 4.75. The highest BCUT2D eigenvalue weighted by atomic mass is 79.9. The Morgan fingerprint density at radius 2 is 1.89 bits per heavy atom. The number of aliphatic hydroxyl groups excluding tert-OH is 1.